The van der Waals surface area contributed by atoms with Crippen molar-refractivity contribution < 1.29 is 35.9 Å². The van der Waals surface area contributed by atoms with E-state index < -0.39 is 44.7 Å². The molecule has 0 radical (unpaired) electrons. The van der Waals surface area contributed by atoms with Crippen molar-refractivity contribution in [3.8, 4) is 0 Å². The van der Waals surface area contributed by atoms with Crippen LogP contribution in [0.4, 0.5) is 18.0 Å². The highest BCUT2D eigenvalue weighted by Crippen LogP contribution is 2.36. The number of carbonyl (C=O) groups excluding carboxylic acids is 2. The number of carbonyl (C=O) groups is 2. The van der Waals surface area contributed by atoms with Crippen LogP contribution in [0.5, 0.6) is 0 Å². The number of hydrogen-bond donors (Lipinski definition) is 2. The summed E-state index contributed by atoms with van der Waals surface area (Å²) in [5.41, 5.74) is -1.23. The van der Waals surface area contributed by atoms with E-state index in [-0.39, 0.29) is 41.0 Å². The van der Waals surface area contributed by atoms with Crippen LogP contribution in [0.1, 0.15) is 56.7 Å². The fourth-order valence-corrected chi connectivity index (χ4v) is 5.63. The molecule has 1 unspecified atom stereocenters. The molecule has 1 aromatic heterocycles. The third-order valence-corrected chi connectivity index (χ3v) is 7.44. The van der Waals surface area contributed by atoms with E-state index in [9.17, 15) is 31.2 Å². The summed E-state index contributed by atoms with van der Waals surface area (Å²) in [4.78, 5) is 28.8. The number of unbranched alkanes of at least 4 members (excludes halogenated alkanes) is 1. The Morgan fingerprint density at radius 3 is 2.42 bits per heavy atom. The summed E-state index contributed by atoms with van der Waals surface area (Å²) >= 11 is 6.39. The summed E-state index contributed by atoms with van der Waals surface area (Å²) in [6.07, 6.45) is -3.30. The van der Waals surface area contributed by atoms with Crippen LogP contribution in [0.15, 0.2) is 40.4 Å². The van der Waals surface area contributed by atoms with Crippen LogP contribution in [0.3, 0.4) is 0 Å². The average Bonchev–Trinajstić information content (AvgIpc) is 3.13. The van der Waals surface area contributed by atoms with Gasteiger partial charge in [-0.1, -0.05) is 24.9 Å². The van der Waals surface area contributed by atoms with Crippen LogP contribution in [-0.4, -0.2) is 36.0 Å². The minimum atomic E-state index is -4.66. The maximum atomic E-state index is 13.7. The molecule has 1 aliphatic rings. The van der Waals surface area contributed by atoms with Crippen LogP contribution in [0, 0.1) is 0 Å². The number of amides is 2. The van der Waals surface area contributed by atoms with Crippen molar-refractivity contribution in [2.45, 2.75) is 57.1 Å². The Labute approximate surface area is 210 Å². The number of aryl methyl sites for hydroxylation is 1. The first kappa shape index (κ1) is 27.5. The molecule has 196 valence electrons. The van der Waals surface area contributed by atoms with Gasteiger partial charge in [0, 0.05) is 12.1 Å². The lowest BCUT2D eigenvalue weighted by atomic mass is 10.0. The van der Waals surface area contributed by atoms with Crippen molar-refractivity contribution in [1.29, 1.82) is 0 Å². The molecule has 0 fully saturated rings. The fraction of sp³-hybridized carbons (Fsp3) is 0.409. The van der Waals surface area contributed by atoms with Crippen LogP contribution in [-0.2, 0) is 32.2 Å². The molecule has 0 saturated carbocycles. The maximum Gasteiger partial charge on any atom is 0.416 e. The van der Waals surface area contributed by atoms with Crippen LogP contribution >= 0.6 is 11.6 Å². The first-order valence-electron chi connectivity index (χ1n) is 11.0. The molecule has 2 amide bonds. The van der Waals surface area contributed by atoms with E-state index in [0.717, 1.165) is 16.1 Å². The van der Waals surface area contributed by atoms with Crippen LogP contribution in [0.2, 0.25) is 5.15 Å². The minimum Gasteiger partial charge on any atom is -0.463 e. The van der Waals surface area contributed by atoms with Crippen molar-refractivity contribution in [3.63, 3.8) is 0 Å². The number of halogens is 4. The number of esters is 1. The second-order valence-corrected chi connectivity index (χ2v) is 10.0. The molecule has 0 aliphatic carbocycles. The molecular weight excluding hydrogens is 525 g/mol. The quantitative estimate of drug-likeness (QED) is 0.474. The summed E-state index contributed by atoms with van der Waals surface area (Å²) in [7, 11) is -4.56. The maximum absolute atomic E-state index is 13.7. The zero-order valence-electron chi connectivity index (χ0n) is 19.6. The Morgan fingerprint density at radius 1 is 1.22 bits per heavy atom. The van der Waals surface area contributed by atoms with Crippen molar-refractivity contribution >= 4 is 33.6 Å². The average molecular weight is 549 g/mol. The normalized spacial score (nSPS) is 16.5. The largest absolute Gasteiger partial charge is 0.463 e. The third kappa shape index (κ3) is 5.36. The van der Waals surface area contributed by atoms with Gasteiger partial charge in [-0.05, 0) is 44.5 Å². The molecule has 2 N–H and O–H groups in total. The van der Waals surface area contributed by atoms with Gasteiger partial charge < -0.3 is 15.4 Å². The fourth-order valence-electron chi connectivity index (χ4n) is 3.74. The molecule has 3 rings (SSSR count). The molecule has 0 spiro atoms. The summed E-state index contributed by atoms with van der Waals surface area (Å²) in [5, 5.41) is 4.63. The van der Waals surface area contributed by atoms with E-state index in [1.807, 2.05) is 6.92 Å². The summed E-state index contributed by atoms with van der Waals surface area (Å²) in [6.45, 7) is 4.90. The molecule has 2 heterocycles. The summed E-state index contributed by atoms with van der Waals surface area (Å²) < 4.78 is 72.5. The standard InChI is InChI=1S/C22H24ClF3N4O5S/c1-4-6-7-15-28-19(23)18(17-16(20(31)35-5-2)12(3)27-21(32)29-17)30(15)36(33,34)14-10-8-13(9-11-14)22(24,25)26/h8-11,17H,4-7H2,1-3H3,(H2,27,29,32). The number of alkyl halides is 3. The molecule has 36 heavy (non-hydrogen) atoms. The Kier molecular flexibility index (Phi) is 8.04. The zero-order valence-corrected chi connectivity index (χ0v) is 21.1. The highest BCUT2D eigenvalue weighted by Gasteiger charge is 2.40. The molecule has 9 nitrogen and oxygen atoms in total. The van der Waals surface area contributed by atoms with E-state index in [1.165, 1.54) is 6.92 Å². The lowest BCUT2D eigenvalue weighted by molar-refractivity contribution is -0.139. The smallest absolute Gasteiger partial charge is 0.416 e. The number of benzene rings is 1. The lowest BCUT2D eigenvalue weighted by Crippen LogP contribution is -2.46. The molecule has 14 heteroatoms. The minimum absolute atomic E-state index is 0.00499. The SMILES string of the molecule is CCCCc1nc(Cl)c(C2NC(=O)NC(C)=C2C(=O)OCC)n1S(=O)(=O)c1ccc(C(F)(F)F)cc1. The number of urea groups is 1. The first-order chi connectivity index (χ1) is 16.8. The van der Waals surface area contributed by atoms with E-state index >= 15 is 0 Å². The second-order valence-electron chi connectivity index (χ2n) is 7.89. The predicted molar refractivity (Wildman–Crippen MR) is 124 cm³/mol. The molecule has 0 saturated heterocycles. The van der Waals surface area contributed by atoms with Gasteiger partial charge in [-0.2, -0.15) is 13.2 Å². The van der Waals surface area contributed by atoms with Gasteiger partial charge in [0.05, 0.1) is 22.6 Å². The van der Waals surface area contributed by atoms with Gasteiger partial charge in [0.15, 0.2) is 5.15 Å². The van der Waals surface area contributed by atoms with Gasteiger partial charge in [0.2, 0.25) is 0 Å². The Bertz CT molecular complexity index is 1300. The van der Waals surface area contributed by atoms with Gasteiger partial charge in [0.25, 0.3) is 10.0 Å². The molecular formula is C22H24ClF3N4O5S. The number of allylic oxidation sites excluding steroid dienone is 1. The van der Waals surface area contributed by atoms with Crippen molar-refractivity contribution in [1.82, 2.24) is 19.6 Å². The van der Waals surface area contributed by atoms with Gasteiger partial charge >= 0.3 is 18.2 Å². The molecule has 1 aliphatic heterocycles. The Morgan fingerprint density at radius 2 is 1.86 bits per heavy atom. The Balaban J connectivity index is 2.26. The van der Waals surface area contributed by atoms with Crippen LogP contribution in [0.25, 0.3) is 0 Å². The number of nitrogens with one attached hydrogen (secondary N) is 2. The summed E-state index contributed by atoms with van der Waals surface area (Å²) in [6, 6.07) is 0.865. The van der Waals surface area contributed by atoms with Gasteiger partial charge in [0.1, 0.15) is 17.6 Å². The van der Waals surface area contributed by atoms with E-state index in [2.05, 4.69) is 15.6 Å². The number of aromatic nitrogens is 2. The van der Waals surface area contributed by atoms with Crippen molar-refractivity contribution in [2.75, 3.05) is 6.61 Å². The number of ether oxygens (including phenoxy) is 1. The first-order valence-corrected chi connectivity index (χ1v) is 12.8. The topological polar surface area (TPSA) is 119 Å². The molecule has 1 aromatic carbocycles. The predicted octanol–water partition coefficient (Wildman–Crippen LogP) is 4.33. The molecule has 2 aromatic rings. The molecule has 0 bridgehead atoms. The van der Waals surface area contributed by atoms with Gasteiger partial charge in [-0.15, -0.1) is 0 Å². The van der Waals surface area contributed by atoms with Crippen molar-refractivity contribution in [3.05, 3.63) is 57.8 Å². The second kappa shape index (κ2) is 10.5. The third-order valence-electron chi connectivity index (χ3n) is 5.40. The number of hydrogen-bond acceptors (Lipinski definition) is 6. The number of rotatable bonds is 8. The van der Waals surface area contributed by atoms with Crippen LogP contribution < -0.4 is 10.6 Å². The number of nitrogens with zero attached hydrogens (tertiary/aromatic N) is 2. The van der Waals surface area contributed by atoms with Crippen molar-refractivity contribution in [2.24, 2.45) is 0 Å². The van der Waals surface area contributed by atoms with E-state index in [0.29, 0.717) is 25.0 Å². The zero-order chi connectivity index (χ0) is 26.8. The monoisotopic (exact) mass is 548 g/mol. The summed E-state index contributed by atoms with van der Waals surface area (Å²) in [5.74, 6) is -0.816. The Hall–Kier alpha value is -3.06. The molecule has 1 atom stereocenters. The van der Waals surface area contributed by atoms with Gasteiger partial charge in [-0.3, -0.25) is 0 Å². The van der Waals surface area contributed by atoms with E-state index in [4.69, 9.17) is 16.3 Å². The number of imidazole rings is 1. The lowest BCUT2D eigenvalue weighted by Gasteiger charge is -2.28. The van der Waals surface area contributed by atoms with E-state index in [1.54, 1.807) is 6.92 Å². The highest BCUT2D eigenvalue weighted by molar-refractivity contribution is 7.90. The highest BCUT2D eigenvalue weighted by atomic mass is 35.5. The van der Waals surface area contributed by atoms with Gasteiger partial charge in [-0.25, -0.2) is 27.0 Å².